The van der Waals surface area contributed by atoms with E-state index >= 15 is 0 Å². The van der Waals surface area contributed by atoms with E-state index in [0.717, 1.165) is 18.4 Å². The number of nitriles is 1. The normalized spacial score (nSPS) is 12.4. The third-order valence-electron chi connectivity index (χ3n) is 4.47. The van der Waals surface area contributed by atoms with Gasteiger partial charge in [0.2, 0.25) is 5.91 Å². The topological polar surface area (TPSA) is 91.2 Å². The molecule has 138 valence electrons. The zero-order valence-corrected chi connectivity index (χ0v) is 15.0. The SMILES string of the molecule is N#Cc1ccc(OCC(=O)NNC(=O)Cc2ccc3c(c2)CCCC3)cc1. The summed E-state index contributed by atoms with van der Waals surface area (Å²) < 4.78 is 5.31. The van der Waals surface area contributed by atoms with Crippen molar-refractivity contribution >= 4 is 11.8 Å². The highest BCUT2D eigenvalue weighted by atomic mass is 16.5. The van der Waals surface area contributed by atoms with Crippen LogP contribution in [0.4, 0.5) is 0 Å². The van der Waals surface area contributed by atoms with Crippen molar-refractivity contribution in [3.8, 4) is 11.8 Å². The number of nitrogens with zero attached hydrogens (tertiary/aromatic N) is 1. The molecule has 0 radical (unpaired) electrons. The quantitative estimate of drug-likeness (QED) is 0.797. The lowest BCUT2D eigenvalue weighted by atomic mass is 9.90. The molecule has 2 aromatic rings. The Kier molecular flexibility index (Phi) is 6.06. The highest BCUT2D eigenvalue weighted by Crippen LogP contribution is 2.22. The third-order valence-corrected chi connectivity index (χ3v) is 4.47. The van der Waals surface area contributed by atoms with Crippen molar-refractivity contribution in [3.63, 3.8) is 0 Å². The number of benzene rings is 2. The molecule has 0 saturated carbocycles. The summed E-state index contributed by atoms with van der Waals surface area (Å²) in [5.41, 5.74) is 8.90. The van der Waals surface area contributed by atoms with Gasteiger partial charge in [-0.2, -0.15) is 5.26 Å². The molecule has 0 aromatic heterocycles. The number of rotatable bonds is 5. The average Bonchev–Trinajstić information content (AvgIpc) is 2.71. The van der Waals surface area contributed by atoms with Crippen LogP contribution in [0.5, 0.6) is 5.75 Å². The number of hydrazine groups is 1. The maximum atomic E-state index is 12.0. The Morgan fingerprint density at radius 2 is 1.67 bits per heavy atom. The smallest absolute Gasteiger partial charge is 0.276 e. The fourth-order valence-electron chi connectivity index (χ4n) is 3.08. The number of carbonyl (C=O) groups excluding carboxylic acids is 2. The predicted octanol–water partition coefficient (Wildman–Crippen LogP) is 2.21. The number of fused-ring (bicyclic) bond motifs is 1. The van der Waals surface area contributed by atoms with Gasteiger partial charge in [-0.1, -0.05) is 18.2 Å². The lowest BCUT2D eigenvalue weighted by Crippen LogP contribution is -2.44. The number of amides is 2. The van der Waals surface area contributed by atoms with Gasteiger partial charge in [-0.25, -0.2) is 0 Å². The fourth-order valence-corrected chi connectivity index (χ4v) is 3.08. The maximum absolute atomic E-state index is 12.0. The first-order chi connectivity index (χ1) is 13.1. The molecule has 0 fully saturated rings. The first-order valence-electron chi connectivity index (χ1n) is 8.95. The highest BCUT2D eigenvalue weighted by molar-refractivity contribution is 5.83. The number of nitrogens with one attached hydrogen (secondary N) is 2. The molecule has 6 nitrogen and oxygen atoms in total. The molecule has 0 heterocycles. The van der Waals surface area contributed by atoms with Crippen molar-refractivity contribution in [3.05, 3.63) is 64.7 Å². The zero-order chi connectivity index (χ0) is 19.1. The first kappa shape index (κ1) is 18.5. The summed E-state index contributed by atoms with van der Waals surface area (Å²) in [5.74, 6) is -0.264. The molecular weight excluding hydrogens is 342 g/mol. The van der Waals surface area contributed by atoms with Crippen LogP contribution in [0.1, 0.15) is 35.1 Å². The van der Waals surface area contributed by atoms with Crippen molar-refractivity contribution in [2.75, 3.05) is 6.61 Å². The van der Waals surface area contributed by atoms with Gasteiger partial charge in [-0.3, -0.25) is 20.4 Å². The number of carbonyl (C=O) groups is 2. The van der Waals surface area contributed by atoms with Gasteiger partial charge in [0, 0.05) is 0 Å². The van der Waals surface area contributed by atoms with E-state index in [0.29, 0.717) is 11.3 Å². The van der Waals surface area contributed by atoms with E-state index in [2.05, 4.69) is 23.0 Å². The van der Waals surface area contributed by atoms with Crippen LogP contribution in [0.2, 0.25) is 0 Å². The molecule has 0 spiro atoms. The Hall–Kier alpha value is -3.33. The second-order valence-electron chi connectivity index (χ2n) is 6.51. The minimum absolute atomic E-state index is 0.212. The van der Waals surface area contributed by atoms with Crippen molar-refractivity contribution in [1.82, 2.24) is 10.9 Å². The van der Waals surface area contributed by atoms with E-state index in [1.54, 1.807) is 24.3 Å². The number of hydrogen-bond donors (Lipinski definition) is 2. The molecule has 0 aliphatic heterocycles. The Balaban J connectivity index is 1.41. The van der Waals surface area contributed by atoms with Gasteiger partial charge in [0.05, 0.1) is 18.1 Å². The molecule has 2 N–H and O–H groups in total. The summed E-state index contributed by atoms with van der Waals surface area (Å²) in [5, 5.41) is 8.74. The monoisotopic (exact) mass is 363 g/mol. The zero-order valence-electron chi connectivity index (χ0n) is 15.0. The van der Waals surface area contributed by atoms with Crippen molar-refractivity contribution < 1.29 is 14.3 Å². The maximum Gasteiger partial charge on any atom is 0.276 e. The van der Waals surface area contributed by atoms with Crippen LogP contribution < -0.4 is 15.6 Å². The van der Waals surface area contributed by atoms with Crippen LogP contribution in [-0.2, 0) is 28.9 Å². The molecule has 3 rings (SSSR count). The van der Waals surface area contributed by atoms with E-state index in [1.165, 1.54) is 24.0 Å². The standard InChI is InChI=1S/C21H21N3O3/c22-13-15-6-9-19(10-7-15)27-14-21(26)24-23-20(25)12-16-5-8-17-3-1-2-4-18(17)11-16/h5-11H,1-4,12,14H2,(H,23,25)(H,24,26). The minimum atomic E-state index is -0.460. The largest absolute Gasteiger partial charge is 0.484 e. The lowest BCUT2D eigenvalue weighted by molar-refractivity contribution is -0.129. The summed E-state index contributed by atoms with van der Waals surface area (Å²) in [6, 6.07) is 14.6. The summed E-state index contributed by atoms with van der Waals surface area (Å²) >= 11 is 0. The molecule has 0 unspecified atom stereocenters. The van der Waals surface area contributed by atoms with Crippen molar-refractivity contribution in [2.45, 2.75) is 32.1 Å². The Bertz CT molecular complexity index is 869. The molecule has 0 atom stereocenters. The Morgan fingerprint density at radius 1 is 0.963 bits per heavy atom. The number of hydrogen-bond acceptors (Lipinski definition) is 4. The molecule has 6 heteroatoms. The van der Waals surface area contributed by atoms with Crippen LogP contribution in [0, 0.1) is 11.3 Å². The predicted molar refractivity (Wildman–Crippen MR) is 99.7 cm³/mol. The molecule has 1 aliphatic rings. The van der Waals surface area contributed by atoms with Gasteiger partial charge in [0.25, 0.3) is 5.91 Å². The van der Waals surface area contributed by atoms with Gasteiger partial charge >= 0.3 is 0 Å². The van der Waals surface area contributed by atoms with Crippen LogP contribution in [0.25, 0.3) is 0 Å². The number of ether oxygens (including phenoxy) is 1. The van der Waals surface area contributed by atoms with Crippen molar-refractivity contribution in [2.24, 2.45) is 0 Å². The number of aryl methyl sites for hydroxylation is 2. The molecule has 2 aromatic carbocycles. The summed E-state index contributed by atoms with van der Waals surface area (Å²) in [6.07, 6.45) is 4.80. The van der Waals surface area contributed by atoms with Gasteiger partial charge in [-0.05, 0) is 66.6 Å². The van der Waals surface area contributed by atoms with Crippen LogP contribution in [0.15, 0.2) is 42.5 Å². The Morgan fingerprint density at radius 3 is 2.41 bits per heavy atom. The van der Waals surface area contributed by atoms with Gasteiger partial charge in [0.1, 0.15) is 5.75 Å². The molecular formula is C21H21N3O3. The molecule has 0 bridgehead atoms. The summed E-state index contributed by atoms with van der Waals surface area (Å²) in [7, 11) is 0. The summed E-state index contributed by atoms with van der Waals surface area (Å²) in [4.78, 5) is 23.8. The average molecular weight is 363 g/mol. The molecule has 0 saturated heterocycles. The van der Waals surface area contributed by atoms with Crippen LogP contribution >= 0.6 is 0 Å². The second kappa shape index (κ2) is 8.86. The molecule has 1 aliphatic carbocycles. The van der Waals surface area contributed by atoms with Crippen molar-refractivity contribution in [1.29, 1.82) is 5.26 Å². The van der Waals surface area contributed by atoms with E-state index in [9.17, 15) is 9.59 Å². The second-order valence-corrected chi connectivity index (χ2v) is 6.51. The third kappa shape index (κ3) is 5.32. The fraction of sp³-hybridized carbons (Fsp3) is 0.286. The van der Waals surface area contributed by atoms with Gasteiger partial charge in [0.15, 0.2) is 6.61 Å². The Labute approximate surface area is 158 Å². The van der Waals surface area contributed by atoms with Gasteiger partial charge in [-0.15, -0.1) is 0 Å². The molecule has 2 amide bonds. The van der Waals surface area contributed by atoms with E-state index in [-0.39, 0.29) is 18.9 Å². The molecule has 27 heavy (non-hydrogen) atoms. The van der Waals surface area contributed by atoms with E-state index < -0.39 is 5.91 Å². The highest BCUT2D eigenvalue weighted by Gasteiger charge is 2.12. The first-order valence-corrected chi connectivity index (χ1v) is 8.95. The summed E-state index contributed by atoms with van der Waals surface area (Å²) in [6.45, 7) is -0.231. The lowest BCUT2D eigenvalue weighted by Gasteiger charge is -2.16. The van der Waals surface area contributed by atoms with Crippen LogP contribution in [-0.4, -0.2) is 18.4 Å². The van der Waals surface area contributed by atoms with Gasteiger partial charge < -0.3 is 4.74 Å². The minimum Gasteiger partial charge on any atom is -0.484 e. The van der Waals surface area contributed by atoms with E-state index in [1.807, 2.05) is 12.1 Å². The van der Waals surface area contributed by atoms with E-state index in [4.69, 9.17) is 10.00 Å². The van der Waals surface area contributed by atoms with Crippen LogP contribution in [0.3, 0.4) is 0 Å².